The number of Topliss-reactive ketones (excluding diaryl/α,β-unsaturated/α-hetero) is 1. The minimum absolute atomic E-state index is 0.115. The zero-order valence-corrected chi connectivity index (χ0v) is 9.42. The van der Waals surface area contributed by atoms with Gasteiger partial charge in [0, 0.05) is 32.9 Å². The van der Waals surface area contributed by atoms with E-state index in [4.69, 9.17) is 0 Å². The Morgan fingerprint density at radius 3 is 2.75 bits per heavy atom. The fraction of sp³-hybridized carbons (Fsp3) is 0.364. The third kappa shape index (κ3) is 2.18. The molecule has 0 spiro atoms. The van der Waals surface area contributed by atoms with Gasteiger partial charge in [0.05, 0.1) is 6.20 Å². The standard InChI is InChI=1S/C11H14N4O/c1-14-8-9(7-13-14)3-4-11(16)10-5-6-12-15(10)2/h5-8H,3-4H2,1-2H3. The predicted molar refractivity (Wildman–Crippen MR) is 59.1 cm³/mol. The van der Waals surface area contributed by atoms with Crippen molar-refractivity contribution in [1.82, 2.24) is 19.6 Å². The third-order valence-electron chi connectivity index (χ3n) is 2.51. The lowest BCUT2D eigenvalue weighted by Crippen LogP contribution is -2.07. The molecule has 0 aromatic carbocycles. The van der Waals surface area contributed by atoms with Crippen molar-refractivity contribution in [2.75, 3.05) is 0 Å². The third-order valence-corrected chi connectivity index (χ3v) is 2.51. The first-order valence-corrected chi connectivity index (χ1v) is 5.15. The molecular weight excluding hydrogens is 204 g/mol. The molecule has 0 bridgehead atoms. The highest BCUT2D eigenvalue weighted by Gasteiger charge is 2.10. The Labute approximate surface area is 93.7 Å². The van der Waals surface area contributed by atoms with Crippen LogP contribution < -0.4 is 0 Å². The van der Waals surface area contributed by atoms with Gasteiger partial charge in [0.2, 0.25) is 0 Å². The molecule has 2 rings (SSSR count). The van der Waals surface area contributed by atoms with Gasteiger partial charge in [0.25, 0.3) is 0 Å². The van der Waals surface area contributed by atoms with Crippen molar-refractivity contribution in [3.63, 3.8) is 0 Å². The molecule has 0 aliphatic rings. The minimum atomic E-state index is 0.115. The second-order valence-corrected chi connectivity index (χ2v) is 3.79. The summed E-state index contributed by atoms with van der Waals surface area (Å²) in [6, 6.07) is 1.74. The van der Waals surface area contributed by atoms with Crippen LogP contribution in [0.2, 0.25) is 0 Å². The summed E-state index contributed by atoms with van der Waals surface area (Å²) >= 11 is 0. The van der Waals surface area contributed by atoms with Gasteiger partial charge in [-0.15, -0.1) is 0 Å². The summed E-state index contributed by atoms with van der Waals surface area (Å²) in [5.74, 6) is 0.115. The average Bonchev–Trinajstić information content (AvgIpc) is 2.84. The second kappa shape index (κ2) is 4.30. The van der Waals surface area contributed by atoms with Gasteiger partial charge in [0.15, 0.2) is 5.78 Å². The van der Waals surface area contributed by atoms with Crippen LogP contribution >= 0.6 is 0 Å². The fourth-order valence-electron chi connectivity index (χ4n) is 1.63. The number of rotatable bonds is 4. The molecule has 0 aliphatic carbocycles. The maximum Gasteiger partial charge on any atom is 0.181 e. The summed E-state index contributed by atoms with van der Waals surface area (Å²) in [5, 5.41) is 8.04. The van der Waals surface area contributed by atoms with Crippen LogP contribution in [0.3, 0.4) is 0 Å². The molecule has 0 aliphatic heterocycles. The molecule has 0 N–H and O–H groups in total. The van der Waals surface area contributed by atoms with E-state index < -0.39 is 0 Å². The van der Waals surface area contributed by atoms with Crippen LogP contribution in [-0.2, 0) is 20.5 Å². The topological polar surface area (TPSA) is 52.7 Å². The lowest BCUT2D eigenvalue weighted by molar-refractivity contribution is 0.0974. The van der Waals surface area contributed by atoms with Crippen LogP contribution in [0, 0.1) is 0 Å². The SMILES string of the molecule is Cn1cc(CCC(=O)c2ccnn2C)cn1. The highest BCUT2D eigenvalue weighted by Crippen LogP contribution is 2.06. The van der Waals surface area contributed by atoms with E-state index in [0.717, 1.165) is 12.0 Å². The molecule has 2 heterocycles. The van der Waals surface area contributed by atoms with E-state index in [1.807, 2.05) is 13.2 Å². The first-order chi connectivity index (χ1) is 7.66. The van der Waals surface area contributed by atoms with Gasteiger partial charge >= 0.3 is 0 Å². The Morgan fingerprint density at radius 2 is 2.19 bits per heavy atom. The van der Waals surface area contributed by atoms with E-state index in [1.165, 1.54) is 0 Å². The fourth-order valence-corrected chi connectivity index (χ4v) is 1.63. The smallest absolute Gasteiger partial charge is 0.181 e. The van der Waals surface area contributed by atoms with E-state index in [0.29, 0.717) is 12.1 Å². The Hall–Kier alpha value is -1.91. The summed E-state index contributed by atoms with van der Waals surface area (Å²) in [5.41, 5.74) is 1.74. The van der Waals surface area contributed by atoms with Crippen molar-refractivity contribution >= 4 is 5.78 Å². The molecule has 2 aromatic heterocycles. The van der Waals surface area contributed by atoms with Crippen molar-refractivity contribution in [3.8, 4) is 0 Å². The van der Waals surface area contributed by atoms with E-state index in [9.17, 15) is 4.79 Å². The molecule has 0 fully saturated rings. The number of hydrogen-bond acceptors (Lipinski definition) is 3. The molecule has 0 unspecified atom stereocenters. The van der Waals surface area contributed by atoms with Crippen LogP contribution in [0.5, 0.6) is 0 Å². The molecule has 0 radical (unpaired) electrons. The predicted octanol–water partition coefficient (Wildman–Crippen LogP) is 0.969. The summed E-state index contributed by atoms with van der Waals surface area (Å²) in [6.07, 6.45) is 6.56. The normalized spacial score (nSPS) is 10.6. The monoisotopic (exact) mass is 218 g/mol. The van der Waals surface area contributed by atoms with Crippen molar-refractivity contribution in [2.24, 2.45) is 14.1 Å². The summed E-state index contributed by atoms with van der Waals surface area (Å²) in [7, 11) is 3.64. The van der Waals surface area contributed by atoms with Crippen molar-refractivity contribution < 1.29 is 4.79 Å². The Kier molecular flexibility index (Phi) is 2.85. The number of hydrogen-bond donors (Lipinski definition) is 0. The number of nitrogens with zero attached hydrogens (tertiary/aromatic N) is 4. The van der Waals surface area contributed by atoms with Gasteiger partial charge in [-0.2, -0.15) is 10.2 Å². The molecule has 5 nitrogen and oxygen atoms in total. The van der Waals surface area contributed by atoms with Gasteiger partial charge in [0.1, 0.15) is 5.69 Å². The highest BCUT2D eigenvalue weighted by atomic mass is 16.1. The Bertz CT molecular complexity index is 498. The zero-order chi connectivity index (χ0) is 11.5. The molecule has 0 amide bonds. The lowest BCUT2D eigenvalue weighted by Gasteiger charge is -1.99. The number of aryl methyl sites for hydroxylation is 3. The van der Waals surface area contributed by atoms with Gasteiger partial charge in [-0.05, 0) is 18.1 Å². The first kappa shape index (κ1) is 10.6. The van der Waals surface area contributed by atoms with Crippen LogP contribution in [0.15, 0.2) is 24.7 Å². The van der Waals surface area contributed by atoms with Gasteiger partial charge in [-0.1, -0.05) is 0 Å². The summed E-state index contributed by atoms with van der Waals surface area (Å²) in [6.45, 7) is 0. The zero-order valence-electron chi connectivity index (χ0n) is 9.42. The number of carbonyl (C=O) groups is 1. The largest absolute Gasteiger partial charge is 0.292 e. The van der Waals surface area contributed by atoms with Gasteiger partial charge in [-0.25, -0.2) is 0 Å². The van der Waals surface area contributed by atoms with Gasteiger partial charge < -0.3 is 0 Å². The number of carbonyl (C=O) groups excluding carboxylic acids is 1. The van der Waals surface area contributed by atoms with E-state index in [-0.39, 0.29) is 5.78 Å². The summed E-state index contributed by atoms with van der Waals surface area (Å²) < 4.78 is 3.34. The van der Waals surface area contributed by atoms with Crippen LogP contribution in [-0.4, -0.2) is 25.3 Å². The highest BCUT2D eigenvalue weighted by molar-refractivity contribution is 5.94. The molecule has 2 aromatic rings. The van der Waals surface area contributed by atoms with Crippen molar-refractivity contribution in [3.05, 3.63) is 35.9 Å². The average molecular weight is 218 g/mol. The Morgan fingerprint density at radius 1 is 1.38 bits per heavy atom. The van der Waals surface area contributed by atoms with E-state index in [1.54, 1.807) is 34.9 Å². The van der Waals surface area contributed by atoms with Crippen LogP contribution in [0.4, 0.5) is 0 Å². The maximum atomic E-state index is 11.8. The summed E-state index contributed by atoms with van der Waals surface area (Å²) in [4.78, 5) is 11.8. The quantitative estimate of drug-likeness (QED) is 0.718. The lowest BCUT2D eigenvalue weighted by atomic mass is 10.1. The van der Waals surface area contributed by atoms with E-state index in [2.05, 4.69) is 10.2 Å². The first-order valence-electron chi connectivity index (χ1n) is 5.15. The van der Waals surface area contributed by atoms with E-state index >= 15 is 0 Å². The Balaban J connectivity index is 1.96. The molecule has 0 saturated carbocycles. The van der Waals surface area contributed by atoms with Crippen molar-refractivity contribution in [2.45, 2.75) is 12.8 Å². The van der Waals surface area contributed by atoms with Crippen molar-refractivity contribution in [1.29, 1.82) is 0 Å². The number of aromatic nitrogens is 4. The minimum Gasteiger partial charge on any atom is -0.292 e. The molecule has 5 heteroatoms. The molecule has 16 heavy (non-hydrogen) atoms. The molecule has 0 atom stereocenters. The molecular formula is C11H14N4O. The van der Waals surface area contributed by atoms with Crippen LogP contribution in [0.1, 0.15) is 22.5 Å². The molecule has 0 saturated heterocycles. The maximum absolute atomic E-state index is 11.8. The number of ketones is 1. The van der Waals surface area contributed by atoms with Gasteiger partial charge in [-0.3, -0.25) is 14.2 Å². The second-order valence-electron chi connectivity index (χ2n) is 3.79. The molecule has 84 valence electrons. The van der Waals surface area contributed by atoms with Crippen LogP contribution in [0.25, 0.3) is 0 Å².